The zero-order chi connectivity index (χ0) is 24.4. The van der Waals surface area contributed by atoms with E-state index < -0.39 is 64.1 Å². The van der Waals surface area contributed by atoms with Gasteiger partial charge in [-0.3, -0.25) is 23.7 Å². The summed E-state index contributed by atoms with van der Waals surface area (Å²) in [6, 6.07) is -0.420. The summed E-state index contributed by atoms with van der Waals surface area (Å²) < 4.78 is 0.693. The molecule has 1 atom stereocenters. The SMILES string of the molecule is CC(C)NC(=O)c1c(O)c(C(=O)NCC(=O)O)c(O)n(CC2(C)C=C=C(Cl)C=C2Cl)c1=O. The molecule has 1 unspecified atom stereocenters. The Kier molecular flexibility index (Phi) is 7.46. The van der Waals surface area contributed by atoms with Crippen molar-refractivity contribution in [2.24, 2.45) is 5.41 Å². The zero-order valence-electron chi connectivity index (χ0n) is 17.3. The molecule has 1 heterocycles. The molecule has 1 aliphatic carbocycles. The van der Waals surface area contributed by atoms with Gasteiger partial charge in [-0.2, -0.15) is 0 Å². The number of hydrogen-bond donors (Lipinski definition) is 5. The van der Waals surface area contributed by atoms with Crippen molar-refractivity contribution < 1.29 is 29.7 Å². The second-order valence-corrected chi connectivity index (χ2v) is 8.38. The number of rotatable bonds is 7. The van der Waals surface area contributed by atoms with Crippen LogP contribution in [0, 0.1) is 5.41 Å². The number of halogens is 2. The normalized spacial score (nSPS) is 17.6. The van der Waals surface area contributed by atoms with E-state index in [1.54, 1.807) is 20.8 Å². The molecule has 0 spiro atoms. The first-order valence-corrected chi connectivity index (χ1v) is 10.0. The number of hydrogen-bond acceptors (Lipinski definition) is 6. The quantitative estimate of drug-likeness (QED) is 0.367. The number of carboxylic acid groups (broad SMARTS) is 1. The largest absolute Gasteiger partial charge is 0.506 e. The van der Waals surface area contributed by atoms with Crippen LogP contribution in [0.1, 0.15) is 41.5 Å². The third-order valence-corrected chi connectivity index (χ3v) is 5.26. The van der Waals surface area contributed by atoms with Gasteiger partial charge in [0, 0.05) is 23.0 Å². The van der Waals surface area contributed by atoms with Crippen LogP contribution in [-0.4, -0.2) is 50.3 Å². The summed E-state index contributed by atoms with van der Waals surface area (Å²) in [7, 11) is 0. The van der Waals surface area contributed by atoms with E-state index in [2.05, 4.69) is 11.0 Å². The van der Waals surface area contributed by atoms with Crippen LogP contribution >= 0.6 is 23.2 Å². The molecule has 172 valence electrons. The molecule has 0 fully saturated rings. The van der Waals surface area contributed by atoms with E-state index in [4.69, 9.17) is 28.3 Å². The van der Waals surface area contributed by atoms with E-state index in [0.29, 0.717) is 4.57 Å². The minimum absolute atomic E-state index is 0.186. The van der Waals surface area contributed by atoms with Gasteiger partial charge in [0.05, 0.1) is 5.03 Å². The molecule has 0 bridgehead atoms. The molecular weight excluding hydrogens is 465 g/mol. The fourth-order valence-electron chi connectivity index (χ4n) is 2.90. The lowest BCUT2D eigenvalue weighted by Gasteiger charge is -2.28. The van der Waals surface area contributed by atoms with Crippen LogP contribution in [0.4, 0.5) is 0 Å². The molecule has 5 N–H and O–H groups in total. The zero-order valence-corrected chi connectivity index (χ0v) is 18.8. The van der Waals surface area contributed by atoms with Gasteiger partial charge < -0.3 is 26.0 Å². The molecule has 2 amide bonds. The van der Waals surface area contributed by atoms with Crippen LogP contribution in [0.5, 0.6) is 11.6 Å². The lowest BCUT2D eigenvalue weighted by Crippen LogP contribution is -2.40. The van der Waals surface area contributed by atoms with E-state index in [-0.39, 0.29) is 16.6 Å². The van der Waals surface area contributed by atoms with Gasteiger partial charge in [0.1, 0.15) is 17.7 Å². The van der Waals surface area contributed by atoms with Gasteiger partial charge in [-0.1, -0.05) is 23.2 Å². The number of aromatic hydroxyl groups is 2. The van der Waals surface area contributed by atoms with E-state index in [1.165, 1.54) is 12.2 Å². The van der Waals surface area contributed by atoms with Crippen LogP contribution in [-0.2, 0) is 11.3 Å². The highest BCUT2D eigenvalue weighted by Crippen LogP contribution is 2.39. The highest BCUT2D eigenvalue weighted by molar-refractivity contribution is 6.35. The summed E-state index contributed by atoms with van der Waals surface area (Å²) in [4.78, 5) is 49.0. The van der Waals surface area contributed by atoms with Gasteiger partial charge in [0.2, 0.25) is 5.88 Å². The monoisotopic (exact) mass is 485 g/mol. The van der Waals surface area contributed by atoms with Crippen molar-refractivity contribution in [3.63, 3.8) is 0 Å². The highest BCUT2D eigenvalue weighted by Gasteiger charge is 2.35. The van der Waals surface area contributed by atoms with Gasteiger partial charge in [0.15, 0.2) is 5.75 Å². The van der Waals surface area contributed by atoms with E-state index in [9.17, 15) is 29.4 Å². The summed E-state index contributed by atoms with van der Waals surface area (Å²) in [5.41, 5.74) is -1.10. The van der Waals surface area contributed by atoms with Gasteiger partial charge in [-0.05, 0) is 32.9 Å². The second kappa shape index (κ2) is 9.52. The van der Waals surface area contributed by atoms with Crippen molar-refractivity contribution >= 4 is 41.0 Å². The average molecular weight is 486 g/mol. The predicted octanol–water partition coefficient (Wildman–Crippen LogP) is 1.63. The predicted molar refractivity (Wildman–Crippen MR) is 116 cm³/mol. The Balaban J connectivity index is 2.74. The molecule has 2 rings (SSSR count). The molecule has 1 aromatic rings. The van der Waals surface area contributed by atoms with Crippen molar-refractivity contribution in [3.8, 4) is 11.6 Å². The Morgan fingerprint density at radius 1 is 1.19 bits per heavy atom. The number of carboxylic acids is 1. The molecule has 0 saturated carbocycles. The van der Waals surface area contributed by atoms with Crippen LogP contribution in [0.3, 0.4) is 0 Å². The number of amides is 2. The molecule has 32 heavy (non-hydrogen) atoms. The smallest absolute Gasteiger partial charge is 0.322 e. The lowest BCUT2D eigenvalue weighted by atomic mass is 9.87. The molecule has 12 heteroatoms. The summed E-state index contributed by atoms with van der Waals surface area (Å²) in [5, 5.41) is 34.8. The van der Waals surface area contributed by atoms with Crippen LogP contribution in [0.2, 0.25) is 0 Å². The Labute approximate surface area is 192 Å². The summed E-state index contributed by atoms with van der Waals surface area (Å²) >= 11 is 12.2. The van der Waals surface area contributed by atoms with Crippen molar-refractivity contribution in [2.75, 3.05) is 6.54 Å². The number of pyridine rings is 1. The van der Waals surface area contributed by atoms with E-state index in [1.807, 2.05) is 5.32 Å². The van der Waals surface area contributed by atoms with Crippen molar-refractivity contribution in [2.45, 2.75) is 33.4 Å². The van der Waals surface area contributed by atoms with Gasteiger partial charge in [-0.15, -0.1) is 5.73 Å². The molecule has 0 aliphatic heterocycles. The molecule has 1 aliphatic rings. The van der Waals surface area contributed by atoms with E-state index >= 15 is 0 Å². The molecule has 1 aromatic heterocycles. The first-order chi connectivity index (χ1) is 14.8. The Morgan fingerprint density at radius 2 is 1.81 bits per heavy atom. The maximum atomic E-state index is 13.1. The summed E-state index contributed by atoms with van der Waals surface area (Å²) in [5.74, 6) is -5.64. The number of nitrogens with one attached hydrogen (secondary N) is 2. The van der Waals surface area contributed by atoms with Gasteiger partial charge in [0.25, 0.3) is 17.4 Å². The third-order valence-electron chi connectivity index (χ3n) is 4.50. The minimum Gasteiger partial charge on any atom is -0.506 e. The number of allylic oxidation sites excluding steroid dienone is 3. The Morgan fingerprint density at radius 3 is 2.34 bits per heavy atom. The number of carbonyl (C=O) groups is 3. The van der Waals surface area contributed by atoms with E-state index in [0.717, 1.165) is 0 Å². The number of aromatic nitrogens is 1. The summed E-state index contributed by atoms with van der Waals surface area (Å²) in [6.45, 7) is 3.64. The average Bonchev–Trinajstić information content (AvgIpc) is 2.66. The van der Waals surface area contributed by atoms with Crippen molar-refractivity contribution in [3.05, 3.63) is 49.4 Å². The minimum atomic E-state index is -1.39. The first kappa shape index (κ1) is 25.1. The molecule has 10 nitrogen and oxygen atoms in total. The number of nitrogens with zero attached hydrogens (tertiary/aromatic N) is 1. The molecule has 0 aromatic carbocycles. The van der Waals surface area contributed by atoms with Crippen LogP contribution in [0.15, 0.2) is 32.7 Å². The second-order valence-electron chi connectivity index (χ2n) is 7.56. The maximum Gasteiger partial charge on any atom is 0.322 e. The fraction of sp³-hybridized carbons (Fsp3) is 0.350. The number of aliphatic carboxylic acids is 1. The lowest BCUT2D eigenvalue weighted by molar-refractivity contribution is -0.135. The molecule has 0 saturated heterocycles. The van der Waals surface area contributed by atoms with Crippen LogP contribution in [0.25, 0.3) is 0 Å². The fourth-order valence-corrected chi connectivity index (χ4v) is 3.34. The first-order valence-electron chi connectivity index (χ1n) is 9.29. The molecule has 0 radical (unpaired) electrons. The van der Waals surface area contributed by atoms with Crippen molar-refractivity contribution in [1.82, 2.24) is 15.2 Å². The van der Waals surface area contributed by atoms with Gasteiger partial charge in [-0.25, -0.2) is 0 Å². The topological polar surface area (TPSA) is 158 Å². The maximum absolute atomic E-state index is 13.1. The molecular formula is C20H21Cl2N3O7. The summed E-state index contributed by atoms with van der Waals surface area (Å²) in [6.07, 6.45) is 2.84. The third kappa shape index (κ3) is 5.16. The van der Waals surface area contributed by atoms with Crippen LogP contribution < -0.4 is 16.2 Å². The number of carbonyl (C=O) groups excluding carboxylic acids is 2. The van der Waals surface area contributed by atoms with Gasteiger partial charge >= 0.3 is 5.97 Å². The standard InChI is InChI=1S/C20H21Cl2N3O7/c1-9(2)24-17(30)14-15(28)13(16(29)23-7-12(26)27)18(31)25(19(14)32)8-20(3)5-4-10(21)6-11(20)22/h5-6,9,28,31H,7-8H2,1-3H3,(H,23,29)(H,24,30)(H,26,27). The van der Waals surface area contributed by atoms with Crippen molar-refractivity contribution in [1.29, 1.82) is 0 Å². The Hall–Kier alpha value is -3.20. The highest BCUT2D eigenvalue weighted by atomic mass is 35.5. The Bertz CT molecular complexity index is 1150.